The van der Waals surface area contributed by atoms with E-state index >= 15 is 0 Å². The molecular formula is C27H36BrFN2O3. The van der Waals surface area contributed by atoms with E-state index in [-0.39, 0.29) is 42.2 Å². The molecule has 2 aromatic carbocycles. The zero-order valence-electron chi connectivity index (χ0n) is 21.0. The van der Waals surface area contributed by atoms with Gasteiger partial charge in [-0.15, -0.1) is 0 Å². The minimum Gasteiger partial charge on any atom is -0.483 e. The standard InChI is InChI=1S/C27H36BrFN2O3/c1-7-18(3)30-26(33)23(8-2)31(16-19-9-12-21(29)13-10-19)25(32)17-34-24-14-11-20(15-22(24)28)27(4,5)6/h9-15,18,23H,7-8,16-17H2,1-6H3,(H,30,33)/t18-,23-/m1/s1. The topological polar surface area (TPSA) is 58.6 Å². The fourth-order valence-corrected chi connectivity index (χ4v) is 3.95. The van der Waals surface area contributed by atoms with Gasteiger partial charge >= 0.3 is 0 Å². The summed E-state index contributed by atoms with van der Waals surface area (Å²) in [5.74, 6) is -0.319. The van der Waals surface area contributed by atoms with Gasteiger partial charge in [0.25, 0.3) is 5.91 Å². The summed E-state index contributed by atoms with van der Waals surface area (Å²) in [5, 5.41) is 2.97. The van der Waals surface area contributed by atoms with Crippen molar-refractivity contribution in [1.82, 2.24) is 10.2 Å². The zero-order valence-corrected chi connectivity index (χ0v) is 22.5. The summed E-state index contributed by atoms with van der Waals surface area (Å²) in [5.41, 5.74) is 1.86. The monoisotopic (exact) mass is 534 g/mol. The molecule has 2 aromatic rings. The lowest BCUT2D eigenvalue weighted by Gasteiger charge is -2.31. The van der Waals surface area contributed by atoms with Crippen LogP contribution in [0.1, 0.15) is 65.5 Å². The van der Waals surface area contributed by atoms with Crippen LogP contribution in [0.4, 0.5) is 4.39 Å². The number of carbonyl (C=O) groups is 2. The predicted octanol–water partition coefficient (Wildman–Crippen LogP) is 5.99. The van der Waals surface area contributed by atoms with Crippen LogP contribution in [0.2, 0.25) is 0 Å². The molecule has 5 nitrogen and oxygen atoms in total. The summed E-state index contributed by atoms with van der Waals surface area (Å²) in [7, 11) is 0. The summed E-state index contributed by atoms with van der Waals surface area (Å²) in [4.78, 5) is 27.8. The molecule has 7 heteroatoms. The second-order valence-corrected chi connectivity index (χ2v) is 10.4. The van der Waals surface area contributed by atoms with Gasteiger partial charge in [-0.05, 0) is 76.5 Å². The van der Waals surface area contributed by atoms with E-state index in [1.807, 2.05) is 39.0 Å². The maximum absolute atomic E-state index is 13.4. The first kappa shape index (κ1) is 27.8. The highest BCUT2D eigenvalue weighted by molar-refractivity contribution is 9.10. The fraction of sp³-hybridized carbons (Fsp3) is 0.481. The third-order valence-corrected chi connectivity index (χ3v) is 6.42. The van der Waals surface area contributed by atoms with Gasteiger partial charge in [-0.1, -0.05) is 52.8 Å². The van der Waals surface area contributed by atoms with Gasteiger partial charge in [0.15, 0.2) is 6.61 Å². The van der Waals surface area contributed by atoms with E-state index in [1.54, 1.807) is 12.1 Å². The van der Waals surface area contributed by atoms with Crippen LogP contribution in [0.5, 0.6) is 5.75 Å². The molecule has 2 atom stereocenters. The molecule has 2 rings (SSSR count). The van der Waals surface area contributed by atoms with Crippen molar-refractivity contribution < 1.29 is 18.7 Å². The van der Waals surface area contributed by atoms with Crippen molar-refractivity contribution in [3.8, 4) is 5.75 Å². The molecular weight excluding hydrogens is 499 g/mol. The number of ether oxygens (including phenoxy) is 1. The molecule has 0 heterocycles. The summed E-state index contributed by atoms with van der Waals surface area (Å²) >= 11 is 3.54. The number of hydrogen-bond donors (Lipinski definition) is 1. The van der Waals surface area contributed by atoms with Gasteiger partial charge in [0, 0.05) is 12.6 Å². The molecule has 0 unspecified atom stereocenters. The molecule has 1 N–H and O–H groups in total. The van der Waals surface area contributed by atoms with E-state index in [0.717, 1.165) is 22.0 Å². The van der Waals surface area contributed by atoms with E-state index < -0.39 is 6.04 Å². The lowest BCUT2D eigenvalue weighted by atomic mass is 9.87. The van der Waals surface area contributed by atoms with Crippen molar-refractivity contribution in [2.45, 2.75) is 78.4 Å². The Morgan fingerprint density at radius 3 is 2.26 bits per heavy atom. The number of nitrogens with zero attached hydrogens (tertiary/aromatic N) is 1. The van der Waals surface area contributed by atoms with E-state index in [1.165, 1.54) is 17.0 Å². The Morgan fingerprint density at radius 1 is 1.09 bits per heavy atom. The lowest BCUT2D eigenvalue weighted by molar-refractivity contribution is -0.143. The Hall–Kier alpha value is -2.41. The maximum Gasteiger partial charge on any atom is 0.261 e. The van der Waals surface area contributed by atoms with Crippen LogP contribution in [-0.2, 0) is 21.5 Å². The van der Waals surface area contributed by atoms with Gasteiger partial charge < -0.3 is 15.0 Å². The predicted molar refractivity (Wildman–Crippen MR) is 137 cm³/mol. The van der Waals surface area contributed by atoms with Gasteiger partial charge in [0.1, 0.15) is 17.6 Å². The van der Waals surface area contributed by atoms with Crippen molar-refractivity contribution >= 4 is 27.7 Å². The third-order valence-electron chi connectivity index (χ3n) is 5.80. The average Bonchev–Trinajstić information content (AvgIpc) is 2.78. The first-order valence-corrected chi connectivity index (χ1v) is 12.5. The van der Waals surface area contributed by atoms with Crippen LogP contribution in [0.25, 0.3) is 0 Å². The van der Waals surface area contributed by atoms with Crippen LogP contribution < -0.4 is 10.1 Å². The molecule has 0 bridgehead atoms. The molecule has 0 aliphatic rings. The zero-order chi connectivity index (χ0) is 25.5. The van der Waals surface area contributed by atoms with Crippen LogP contribution in [0.3, 0.4) is 0 Å². The molecule has 0 radical (unpaired) electrons. The second kappa shape index (κ2) is 12.3. The highest BCUT2D eigenvalue weighted by atomic mass is 79.9. The summed E-state index contributed by atoms with van der Waals surface area (Å²) in [6, 6.07) is 11.1. The Bertz CT molecular complexity index is 973. The molecule has 2 amide bonds. The molecule has 0 saturated carbocycles. The molecule has 186 valence electrons. The Balaban J connectivity index is 2.24. The molecule has 0 saturated heterocycles. The minimum absolute atomic E-state index is 0.00198. The molecule has 0 aliphatic carbocycles. The van der Waals surface area contributed by atoms with E-state index in [0.29, 0.717) is 12.2 Å². The number of benzene rings is 2. The molecule has 0 aliphatic heterocycles. The van der Waals surface area contributed by atoms with Crippen LogP contribution in [0, 0.1) is 5.82 Å². The average molecular weight is 535 g/mol. The van der Waals surface area contributed by atoms with Gasteiger partial charge in [0.2, 0.25) is 5.91 Å². The smallest absolute Gasteiger partial charge is 0.261 e. The number of halogens is 2. The first-order chi connectivity index (χ1) is 16.0. The van der Waals surface area contributed by atoms with Crippen LogP contribution in [-0.4, -0.2) is 35.4 Å². The van der Waals surface area contributed by atoms with Crippen molar-refractivity contribution in [2.75, 3.05) is 6.61 Å². The van der Waals surface area contributed by atoms with Crippen LogP contribution in [0.15, 0.2) is 46.9 Å². The molecule has 34 heavy (non-hydrogen) atoms. The largest absolute Gasteiger partial charge is 0.483 e. The first-order valence-electron chi connectivity index (χ1n) is 11.7. The number of rotatable bonds is 10. The highest BCUT2D eigenvalue weighted by Crippen LogP contribution is 2.31. The highest BCUT2D eigenvalue weighted by Gasteiger charge is 2.29. The SMILES string of the molecule is CC[C@@H](C)NC(=O)[C@@H](CC)N(Cc1ccc(F)cc1)C(=O)COc1ccc(C(C)(C)C)cc1Br. The number of hydrogen-bond acceptors (Lipinski definition) is 3. The third kappa shape index (κ3) is 7.83. The summed E-state index contributed by atoms with van der Waals surface area (Å²) in [6.07, 6.45) is 1.23. The molecule has 0 spiro atoms. The number of nitrogens with one attached hydrogen (secondary N) is 1. The van der Waals surface area contributed by atoms with Crippen LogP contribution >= 0.6 is 15.9 Å². The Morgan fingerprint density at radius 2 is 1.74 bits per heavy atom. The quantitative estimate of drug-likeness (QED) is 0.407. The van der Waals surface area contributed by atoms with Crippen molar-refractivity contribution in [3.05, 3.63) is 63.9 Å². The van der Waals surface area contributed by atoms with Crippen molar-refractivity contribution in [2.24, 2.45) is 0 Å². The Kier molecular flexibility index (Phi) is 10.1. The minimum atomic E-state index is -0.665. The fourth-order valence-electron chi connectivity index (χ4n) is 3.45. The van der Waals surface area contributed by atoms with Gasteiger partial charge in [-0.25, -0.2) is 4.39 Å². The number of amides is 2. The number of carbonyl (C=O) groups excluding carboxylic acids is 2. The second-order valence-electron chi connectivity index (χ2n) is 9.57. The van der Waals surface area contributed by atoms with Gasteiger partial charge in [0.05, 0.1) is 4.47 Å². The van der Waals surface area contributed by atoms with E-state index in [2.05, 4.69) is 42.0 Å². The lowest BCUT2D eigenvalue weighted by Crippen LogP contribution is -2.51. The maximum atomic E-state index is 13.4. The van der Waals surface area contributed by atoms with Crippen molar-refractivity contribution in [3.63, 3.8) is 0 Å². The molecule has 0 aromatic heterocycles. The van der Waals surface area contributed by atoms with Gasteiger partial charge in [-0.2, -0.15) is 0 Å². The van der Waals surface area contributed by atoms with E-state index in [4.69, 9.17) is 4.74 Å². The van der Waals surface area contributed by atoms with Crippen molar-refractivity contribution in [1.29, 1.82) is 0 Å². The summed E-state index contributed by atoms with van der Waals surface area (Å²) in [6.45, 7) is 12.1. The Labute approximate surface area is 211 Å². The van der Waals surface area contributed by atoms with Gasteiger partial charge in [-0.3, -0.25) is 9.59 Å². The summed E-state index contributed by atoms with van der Waals surface area (Å²) < 4.78 is 20.0. The van der Waals surface area contributed by atoms with E-state index in [9.17, 15) is 14.0 Å². The normalized spacial score (nSPS) is 13.2. The molecule has 0 fully saturated rings.